The first-order valence-electron chi connectivity index (χ1n) is 4.63. The zero-order valence-electron chi connectivity index (χ0n) is 8.59. The molecule has 3 heteroatoms. The predicted octanol–water partition coefficient (Wildman–Crippen LogP) is 2.55. The molecule has 0 saturated heterocycles. The van der Waals surface area contributed by atoms with Gasteiger partial charge in [-0.15, -0.1) is 0 Å². The standard InChI is InChI=1S/C11H16ClNO/c1-11(14-2,7-8-13)9-3-5-10(12)6-4-9/h3-6H,7-8,13H2,1-2H3. The van der Waals surface area contributed by atoms with Crippen LogP contribution < -0.4 is 5.73 Å². The second-order valence-corrected chi connectivity index (χ2v) is 3.92. The van der Waals surface area contributed by atoms with Crippen molar-refractivity contribution in [2.24, 2.45) is 5.73 Å². The normalized spacial score (nSPS) is 15.1. The smallest absolute Gasteiger partial charge is 0.0911 e. The quantitative estimate of drug-likeness (QED) is 0.835. The van der Waals surface area contributed by atoms with Crippen LogP contribution in [-0.4, -0.2) is 13.7 Å². The molecule has 0 aliphatic heterocycles. The first-order chi connectivity index (χ1) is 6.62. The molecule has 1 unspecified atom stereocenters. The molecular formula is C11H16ClNO. The second-order valence-electron chi connectivity index (χ2n) is 3.48. The fourth-order valence-electron chi connectivity index (χ4n) is 1.44. The van der Waals surface area contributed by atoms with Crippen LogP contribution in [0.1, 0.15) is 18.9 Å². The summed E-state index contributed by atoms with van der Waals surface area (Å²) < 4.78 is 5.48. The highest BCUT2D eigenvalue weighted by Gasteiger charge is 2.24. The van der Waals surface area contributed by atoms with Gasteiger partial charge in [-0.2, -0.15) is 0 Å². The highest BCUT2D eigenvalue weighted by Crippen LogP contribution is 2.28. The highest BCUT2D eigenvalue weighted by atomic mass is 35.5. The van der Waals surface area contributed by atoms with E-state index >= 15 is 0 Å². The number of ether oxygens (including phenoxy) is 1. The van der Waals surface area contributed by atoms with E-state index in [-0.39, 0.29) is 5.60 Å². The van der Waals surface area contributed by atoms with Crippen LogP contribution in [0.15, 0.2) is 24.3 Å². The van der Waals surface area contributed by atoms with Crippen molar-refractivity contribution < 1.29 is 4.74 Å². The molecule has 78 valence electrons. The van der Waals surface area contributed by atoms with Gasteiger partial charge >= 0.3 is 0 Å². The van der Waals surface area contributed by atoms with Gasteiger partial charge < -0.3 is 10.5 Å². The summed E-state index contributed by atoms with van der Waals surface area (Å²) in [5.74, 6) is 0. The van der Waals surface area contributed by atoms with Gasteiger partial charge in [0.05, 0.1) is 5.60 Å². The number of halogens is 1. The lowest BCUT2D eigenvalue weighted by atomic mass is 9.92. The Morgan fingerprint density at radius 2 is 1.93 bits per heavy atom. The molecule has 1 aromatic rings. The topological polar surface area (TPSA) is 35.2 Å². The summed E-state index contributed by atoms with van der Waals surface area (Å²) in [6, 6.07) is 7.68. The molecular weight excluding hydrogens is 198 g/mol. The van der Waals surface area contributed by atoms with E-state index in [1.807, 2.05) is 31.2 Å². The Hall–Kier alpha value is -0.570. The molecule has 0 aromatic heterocycles. The van der Waals surface area contributed by atoms with Gasteiger partial charge in [-0.05, 0) is 37.6 Å². The third kappa shape index (κ3) is 2.47. The van der Waals surface area contributed by atoms with Crippen molar-refractivity contribution in [1.29, 1.82) is 0 Å². The van der Waals surface area contributed by atoms with Crippen LogP contribution in [-0.2, 0) is 10.3 Å². The summed E-state index contributed by atoms with van der Waals surface area (Å²) in [6.07, 6.45) is 0.797. The minimum Gasteiger partial charge on any atom is -0.374 e. The van der Waals surface area contributed by atoms with Crippen molar-refractivity contribution in [2.45, 2.75) is 18.9 Å². The monoisotopic (exact) mass is 213 g/mol. The molecule has 0 aliphatic carbocycles. The Balaban J connectivity index is 2.94. The van der Waals surface area contributed by atoms with E-state index in [9.17, 15) is 0 Å². The first kappa shape index (κ1) is 11.5. The molecule has 1 atom stereocenters. The summed E-state index contributed by atoms with van der Waals surface area (Å²) >= 11 is 5.82. The summed E-state index contributed by atoms with van der Waals surface area (Å²) in [5.41, 5.74) is 6.35. The van der Waals surface area contributed by atoms with Gasteiger partial charge in [-0.3, -0.25) is 0 Å². The van der Waals surface area contributed by atoms with Crippen molar-refractivity contribution in [1.82, 2.24) is 0 Å². The lowest BCUT2D eigenvalue weighted by molar-refractivity contribution is -0.00338. The third-order valence-electron chi connectivity index (χ3n) is 2.53. The molecule has 1 aromatic carbocycles. The minimum atomic E-state index is -0.306. The average Bonchev–Trinajstić information content (AvgIpc) is 2.19. The van der Waals surface area contributed by atoms with Gasteiger partial charge in [-0.25, -0.2) is 0 Å². The van der Waals surface area contributed by atoms with Crippen molar-refractivity contribution in [3.05, 3.63) is 34.9 Å². The molecule has 1 rings (SSSR count). The van der Waals surface area contributed by atoms with Gasteiger partial charge in [0, 0.05) is 12.1 Å². The summed E-state index contributed by atoms with van der Waals surface area (Å²) in [6.45, 7) is 2.63. The van der Waals surface area contributed by atoms with E-state index in [4.69, 9.17) is 22.1 Å². The Labute approximate surface area is 90.0 Å². The number of methoxy groups -OCH3 is 1. The van der Waals surface area contributed by atoms with Crippen LogP contribution >= 0.6 is 11.6 Å². The van der Waals surface area contributed by atoms with E-state index in [0.717, 1.165) is 17.0 Å². The third-order valence-corrected chi connectivity index (χ3v) is 2.78. The largest absolute Gasteiger partial charge is 0.374 e. The predicted molar refractivity (Wildman–Crippen MR) is 59.5 cm³/mol. The molecule has 0 saturated carbocycles. The Kier molecular flexibility index (Phi) is 3.93. The van der Waals surface area contributed by atoms with Crippen LogP contribution in [0, 0.1) is 0 Å². The zero-order valence-corrected chi connectivity index (χ0v) is 9.34. The van der Waals surface area contributed by atoms with Gasteiger partial charge in [0.2, 0.25) is 0 Å². The molecule has 0 bridgehead atoms. The van der Waals surface area contributed by atoms with Crippen LogP contribution in [0.5, 0.6) is 0 Å². The number of hydrogen-bond donors (Lipinski definition) is 1. The second kappa shape index (κ2) is 4.78. The summed E-state index contributed by atoms with van der Waals surface area (Å²) in [7, 11) is 1.70. The minimum absolute atomic E-state index is 0.306. The Morgan fingerprint density at radius 3 is 2.36 bits per heavy atom. The van der Waals surface area contributed by atoms with Crippen LogP contribution in [0.4, 0.5) is 0 Å². The molecule has 0 radical (unpaired) electrons. The zero-order chi connectivity index (χ0) is 10.6. The van der Waals surface area contributed by atoms with Gasteiger partial charge in [0.25, 0.3) is 0 Å². The number of rotatable bonds is 4. The number of benzene rings is 1. The van der Waals surface area contributed by atoms with Crippen molar-refractivity contribution in [3.63, 3.8) is 0 Å². The van der Waals surface area contributed by atoms with Gasteiger partial charge in [0.1, 0.15) is 0 Å². The molecule has 2 N–H and O–H groups in total. The SMILES string of the molecule is COC(C)(CCN)c1ccc(Cl)cc1. The maximum absolute atomic E-state index is 5.82. The van der Waals surface area contributed by atoms with Crippen molar-refractivity contribution in [3.8, 4) is 0 Å². The van der Waals surface area contributed by atoms with E-state index in [2.05, 4.69) is 0 Å². The molecule has 0 heterocycles. The maximum atomic E-state index is 5.82. The Bertz CT molecular complexity index is 286. The van der Waals surface area contributed by atoms with Gasteiger partial charge in [-0.1, -0.05) is 23.7 Å². The molecule has 2 nitrogen and oxygen atoms in total. The van der Waals surface area contributed by atoms with Crippen LogP contribution in [0.3, 0.4) is 0 Å². The fourth-order valence-corrected chi connectivity index (χ4v) is 1.57. The van der Waals surface area contributed by atoms with Crippen molar-refractivity contribution in [2.75, 3.05) is 13.7 Å². The first-order valence-corrected chi connectivity index (χ1v) is 5.01. The molecule has 0 aliphatic rings. The lowest BCUT2D eigenvalue weighted by Gasteiger charge is -2.28. The number of nitrogens with two attached hydrogens (primary N) is 1. The molecule has 0 spiro atoms. The van der Waals surface area contributed by atoms with Crippen LogP contribution in [0.25, 0.3) is 0 Å². The maximum Gasteiger partial charge on any atom is 0.0911 e. The van der Waals surface area contributed by atoms with Crippen LogP contribution in [0.2, 0.25) is 5.02 Å². The highest BCUT2D eigenvalue weighted by molar-refractivity contribution is 6.30. The molecule has 14 heavy (non-hydrogen) atoms. The summed E-state index contributed by atoms with van der Waals surface area (Å²) in [4.78, 5) is 0. The Morgan fingerprint density at radius 1 is 1.36 bits per heavy atom. The number of hydrogen-bond acceptors (Lipinski definition) is 2. The van der Waals surface area contributed by atoms with E-state index in [1.165, 1.54) is 0 Å². The molecule has 0 amide bonds. The summed E-state index contributed by atoms with van der Waals surface area (Å²) in [5, 5.41) is 0.736. The van der Waals surface area contributed by atoms with E-state index < -0.39 is 0 Å². The van der Waals surface area contributed by atoms with E-state index in [0.29, 0.717) is 6.54 Å². The average molecular weight is 214 g/mol. The fraction of sp³-hybridized carbons (Fsp3) is 0.455. The molecule has 0 fully saturated rings. The van der Waals surface area contributed by atoms with Crippen molar-refractivity contribution >= 4 is 11.6 Å². The lowest BCUT2D eigenvalue weighted by Crippen LogP contribution is -2.27. The van der Waals surface area contributed by atoms with Gasteiger partial charge in [0.15, 0.2) is 0 Å². The van der Waals surface area contributed by atoms with E-state index in [1.54, 1.807) is 7.11 Å².